The highest BCUT2D eigenvalue weighted by Gasteiger charge is 2.18. The molecule has 0 aliphatic rings. The lowest BCUT2D eigenvalue weighted by atomic mass is 10.2. The number of rotatable bonds is 7. The van der Waals surface area contributed by atoms with E-state index in [1.165, 1.54) is 0 Å². The van der Waals surface area contributed by atoms with Gasteiger partial charge in [0.15, 0.2) is 0 Å². The molecule has 0 fully saturated rings. The zero-order chi connectivity index (χ0) is 12.5. The number of aliphatic hydroxyl groups is 1. The molecule has 4 nitrogen and oxygen atoms in total. The largest absolute Gasteiger partial charge is 0.466 e. The molecule has 0 aliphatic carbocycles. The molecule has 0 saturated carbocycles. The van der Waals surface area contributed by atoms with Gasteiger partial charge in [0, 0.05) is 0 Å². The molecular formula is C13H18O4. The first kappa shape index (κ1) is 13.7. The first-order valence-electron chi connectivity index (χ1n) is 5.67. The van der Waals surface area contributed by atoms with Gasteiger partial charge in [0.05, 0.1) is 26.4 Å². The van der Waals surface area contributed by atoms with Gasteiger partial charge < -0.3 is 14.6 Å². The van der Waals surface area contributed by atoms with Gasteiger partial charge in [-0.3, -0.25) is 4.79 Å². The molecule has 1 rings (SSSR count). The molecule has 1 N–H and O–H groups in total. The molecule has 0 aliphatic heterocycles. The molecule has 0 amide bonds. The van der Waals surface area contributed by atoms with Crippen molar-refractivity contribution in [2.45, 2.75) is 13.5 Å². The van der Waals surface area contributed by atoms with Gasteiger partial charge in [-0.1, -0.05) is 30.3 Å². The zero-order valence-electron chi connectivity index (χ0n) is 9.96. The van der Waals surface area contributed by atoms with Gasteiger partial charge in [0.1, 0.15) is 5.92 Å². The van der Waals surface area contributed by atoms with E-state index >= 15 is 0 Å². The highest BCUT2D eigenvalue weighted by molar-refractivity contribution is 5.72. The van der Waals surface area contributed by atoms with E-state index in [1.807, 2.05) is 30.3 Å². The Balaban J connectivity index is 2.31. The average Bonchev–Trinajstić information content (AvgIpc) is 2.36. The molecule has 4 heteroatoms. The molecule has 0 heterocycles. The smallest absolute Gasteiger partial charge is 0.313 e. The average molecular weight is 238 g/mol. The van der Waals surface area contributed by atoms with Crippen LogP contribution in [-0.2, 0) is 20.9 Å². The monoisotopic (exact) mass is 238 g/mol. The maximum Gasteiger partial charge on any atom is 0.313 e. The lowest BCUT2D eigenvalue weighted by Gasteiger charge is -2.13. The Labute approximate surface area is 101 Å². The van der Waals surface area contributed by atoms with Crippen LogP contribution < -0.4 is 0 Å². The number of carbonyl (C=O) groups is 1. The van der Waals surface area contributed by atoms with Gasteiger partial charge in [-0.25, -0.2) is 0 Å². The highest BCUT2D eigenvalue weighted by Crippen LogP contribution is 2.05. The third-order valence-electron chi connectivity index (χ3n) is 2.27. The fourth-order valence-corrected chi connectivity index (χ4v) is 1.35. The first-order valence-corrected chi connectivity index (χ1v) is 5.67. The Morgan fingerprint density at radius 3 is 2.65 bits per heavy atom. The topological polar surface area (TPSA) is 55.8 Å². The second-order valence-corrected chi connectivity index (χ2v) is 3.63. The second kappa shape index (κ2) is 7.81. The van der Waals surface area contributed by atoms with Crippen molar-refractivity contribution >= 4 is 5.97 Å². The van der Waals surface area contributed by atoms with Crippen LogP contribution >= 0.6 is 0 Å². The fourth-order valence-electron chi connectivity index (χ4n) is 1.35. The fraction of sp³-hybridized carbons (Fsp3) is 0.462. The van der Waals surface area contributed by atoms with Crippen LogP contribution in [0.1, 0.15) is 12.5 Å². The van der Waals surface area contributed by atoms with Crippen molar-refractivity contribution in [3.8, 4) is 0 Å². The third kappa shape index (κ3) is 4.97. The van der Waals surface area contributed by atoms with E-state index in [0.29, 0.717) is 13.2 Å². The SMILES string of the molecule is CCOC(=O)C(CO)COCc1ccccc1. The Bertz CT molecular complexity index is 323. The number of benzene rings is 1. The molecule has 0 saturated heterocycles. The maximum atomic E-state index is 11.4. The van der Waals surface area contributed by atoms with Crippen molar-refractivity contribution in [2.75, 3.05) is 19.8 Å². The lowest BCUT2D eigenvalue weighted by Crippen LogP contribution is -2.26. The molecule has 1 unspecified atom stereocenters. The predicted molar refractivity (Wildman–Crippen MR) is 63.3 cm³/mol. The van der Waals surface area contributed by atoms with Crippen molar-refractivity contribution in [1.29, 1.82) is 0 Å². The standard InChI is InChI=1S/C13H18O4/c1-2-17-13(15)12(8-14)10-16-9-11-6-4-3-5-7-11/h3-7,12,14H,2,8-10H2,1H3. The van der Waals surface area contributed by atoms with Crippen molar-refractivity contribution in [3.63, 3.8) is 0 Å². The minimum absolute atomic E-state index is 0.171. The molecule has 0 aromatic heterocycles. The van der Waals surface area contributed by atoms with Crippen LogP contribution in [0.3, 0.4) is 0 Å². The molecule has 1 aromatic rings. The highest BCUT2D eigenvalue weighted by atomic mass is 16.5. The number of hydrogen-bond acceptors (Lipinski definition) is 4. The molecule has 0 spiro atoms. The van der Waals surface area contributed by atoms with Gasteiger partial charge in [-0.05, 0) is 12.5 Å². The Kier molecular flexibility index (Phi) is 6.29. The van der Waals surface area contributed by atoms with E-state index in [-0.39, 0.29) is 13.2 Å². The van der Waals surface area contributed by atoms with E-state index in [0.717, 1.165) is 5.56 Å². The summed E-state index contributed by atoms with van der Waals surface area (Å²) in [4.78, 5) is 11.4. The summed E-state index contributed by atoms with van der Waals surface area (Å²) < 4.78 is 10.2. The molecule has 94 valence electrons. The van der Waals surface area contributed by atoms with Crippen LogP contribution in [-0.4, -0.2) is 30.9 Å². The molecule has 1 atom stereocenters. The van der Waals surface area contributed by atoms with Crippen LogP contribution in [0.5, 0.6) is 0 Å². The van der Waals surface area contributed by atoms with E-state index in [2.05, 4.69) is 0 Å². The Morgan fingerprint density at radius 2 is 2.06 bits per heavy atom. The quantitative estimate of drug-likeness (QED) is 0.729. The van der Waals surface area contributed by atoms with Crippen LogP contribution in [0.25, 0.3) is 0 Å². The van der Waals surface area contributed by atoms with Gasteiger partial charge in [0.25, 0.3) is 0 Å². The van der Waals surface area contributed by atoms with Gasteiger partial charge in [0.2, 0.25) is 0 Å². The second-order valence-electron chi connectivity index (χ2n) is 3.63. The van der Waals surface area contributed by atoms with Gasteiger partial charge in [-0.15, -0.1) is 0 Å². The van der Waals surface area contributed by atoms with Crippen LogP contribution in [0.2, 0.25) is 0 Å². The lowest BCUT2D eigenvalue weighted by molar-refractivity contribution is -0.152. The van der Waals surface area contributed by atoms with Crippen LogP contribution in [0, 0.1) is 5.92 Å². The predicted octanol–water partition coefficient (Wildman–Crippen LogP) is 1.37. The normalized spacial score (nSPS) is 12.1. The number of hydrogen-bond donors (Lipinski definition) is 1. The van der Waals surface area contributed by atoms with Crippen molar-refractivity contribution in [2.24, 2.45) is 5.92 Å². The summed E-state index contributed by atoms with van der Waals surface area (Å²) >= 11 is 0. The summed E-state index contributed by atoms with van der Waals surface area (Å²) in [6.07, 6.45) is 0. The number of carbonyl (C=O) groups excluding carboxylic acids is 1. The Hall–Kier alpha value is -1.39. The molecule has 17 heavy (non-hydrogen) atoms. The van der Waals surface area contributed by atoms with E-state index in [4.69, 9.17) is 14.6 Å². The van der Waals surface area contributed by atoms with E-state index < -0.39 is 11.9 Å². The number of aliphatic hydroxyl groups excluding tert-OH is 1. The summed E-state index contributed by atoms with van der Waals surface area (Å²) in [6, 6.07) is 9.66. The summed E-state index contributed by atoms with van der Waals surface area (Å²) in [6.45, 7) is 2.39. The molecule has 0 bridgehead atoms. The molecule has 0 radical (unpaired) electrons. The number of esters is 1. The summed E-state index contributed by atoms with van der Waals surface area (Å²) in [5, 5.41) is 9.04. The molecule has 1 aromatic carbocycles. The number of ether oxygens (including phenoxy) is 2. The van der Waals surface area contributed by atoms with Crippen molar-refractivity contribution < 1.29 is 19.4 Å². The van der Waals surface area contributed by atoms with Crippen molar-refractivity contribution in [3.05, 3.63) is 35.9 Å². The molecular weight excluding hydrogens is 220 g/mol. The van der Waals surface area contributed by atoms with E-state index in [9.17, 15) is 4.79 Å². The van der Waals surface area contributed by atoms with Crippen LogP contribution in [0.4, 0.5) is 0 Å². The minimum atomic E-state index is -0.598. The van der Waals surface area contributed by atoms with E-state index in [1.54, 1.807) is 6.92 Å². The maximum absolute atomic E-state index is 11.4. The van der Waals surface area contributed by atoms with Crippen molar-refractivity contribution in [1.82, 2.24) is 0 Å². The summed E-state index contributed by atoms with van der Waals surface area (Å²) in [7, 11) is 0. The van der Waals surface area contributed by atoms with Gasteiger partial charge >= 0.3 is 5.97 Å². The minimum Gasteiger partial charge on any atom is -0.466 e. The summed E-state index contributed by atoms with van der Waals surface area (Å²) in [5.41, 5.74) is 1.04. The zero-order valence-corrected chi connectivity index (χ0v) is 9.96. The Morgan fingerprint density at radius 1 is 1.35 bits per heavy atom. The first-order chi connectivity index (χ1) is 8.27. The van der Waals surface area contributed by atoms with Crippen LogP contribution in [0.15, 0.2) is 30.3 Å². The third-order valence-corrected chi connectivity index (χ3v) is 2.27. The van der Waals surface area contributed by atoms with Gasteiger partial charge in [-0.2, -0.15) is 0 Å². The summed E-state index contributed by atoms with van der Waals surface area (Å²) in [5.74, 6) is -1.01.